The Kier molecular flexibility index (Phi) is 8.72. The smallest absolute Gasteiger partial charge is 0.138 e. The van der Waals surface area contributed by atoms with Crippen molar-refractivity contribution < 1.29 is 19.7 Å². The number of hydrogen-bond acceptors (Lipinski definition) is 5. The van der Waals surface area contributed by atoms with E-state index in [4.69, 9.17) is 9.84 Å². The van der Waals surface area contributed by atoms with Crippen molar-refractivity contribution in [1.29, 1.82) is 0 Å². The molecule has 0 radical (unpaired) electrons. The zero-order chi connectivity index (χ0) is 18.9. The van der Waals surface area contributed by atoms with Gasteiger partial charge in [-0.05, 0) is 42.7 Å². The van der Waals surface area contributed by atoms with Gasteiger partial charge in [-0.2, -0.15) is 0 Å². The van der Waals surface area contributed by atoms with Crippen LogP contribution >= 0.6 is 0 Å². The van der Waals surface area contributed by atoms with Gasteiger partial charge in [-0.15, -0.1) is 0 Å². The molecule has 1 fully saturated rings. The molecule has 1 aromatic rings. The number of Topliss-reactive ketones (excluding diaryl/α,β-unsaturated/α-hetero) is 1. The van der Waals surface area contributed by atoms with Crippen molar-refractivity contribution in [2.45, 2.75) is 51.7 Å². The van der Waals surface area contributed by atoms with Gasteiger partial charge in [-0.25, -0.2) is 0 Å². The number of ketones is 1. The summed E-state index contributed by atoms with van der Waals surface area (Å²) < 4.78 is 5.16. The van der Waals surface area contributed by atoms with Gasteiger partial charge in [-0.1, -0.05) is 38.1 Å². The van der Waals surface area contributed by atoms with E-state index in [1.165, 1.54) is 5.56 Å². The molecule has 0 saturated heterocycles. The molecule has 26 heavy (non-hydrogen) atoms. The minimum atomic E-state index is -0.721. The van der Waals surface area contributed by atoms with E-state index in [0.717, 1.165) is 31.2 Å². The van der Waals surface area contributed by atoms with Crippen molar-refractivity contribution in [3.63, 3.8) is 0 Å². The van der Waals surface area contributed by atoms with Crippen LogP contribution in [0.3, 0.4) is 0 Å². The maximum Gasteiger partial charge on any atom is 0.138 e. The SMILES string of the molecule is CC(C)C(=O)C1CCC(c2ccc(C(O)NCCOCCO)cc2)CC1. The van der Waals surface area contributed by atoms with Gasteiger partial charge in [0.2, 0.25) is 0 Å². The molecule has 0 bridgehead atoms. The zero-order valence-electron chi connectivity index (χ0n) is 16.0. The molecule has 1 aliphatic rings. The van der Waals surface area contributed by atoms with Crippen molar-refractivity contribution in [3.05, 3.63) is 35.4 Å². The monoisotopic (exact) mass is 363 g/mol. The minimum Gasteiger partial charge on any atom is -0.394 e. The van der Waals surface area contributed by atoms with Crippen LogP contribution in [0.25, 0.3) is 0 Å². The Morgan fingerprint density at radius 3 is 2.38 bits per heavy atom. The highest BCUT2D eigenvalue weighted by atomic mass is 16.5. The van der Waals surface area contributed by atoms with Crippen LogP contribution in [0.1, 0.15) is 62.8 Å². The summed E-state index contributed by atoms with van der Waals surface area (Å²) in [5.74, 6) is 1.30. The van der Waals surface area contributed by atoms with E-state index in [2.05, 4.69) is 17.4 Å². The maximum atomic E-state index is 12.1. The number of aliphatic hydroxyl groups excluding tert-OH is 2. The molecule has 146 valence electrons. The first-order valence-corrected chi connectivity index (χ1v) is 9.76. The second kappa shape index (κ2) is 10.8. The molecular formula is C21H33NO4. The highest BCUT2D eigenvalue weighted by Crippen LogP contribution is 2.37. The second-order valence-corrected chi connectivity index (χ2v) is 7.46. The number of carbonyl (C=O) groups excluding carboxylic acids is 1. The van der Waals surface area contributed by atoms with E-state index in [1.807, 2.05) is 26.0 Å². The third-order valence-electron chi connectivity index (χ3n) is 5.24. The second-order valence-electron chi connectivity index (χ2n) is 7.46. The third kappa shape index (κ3) is 6.16. The number of benzene rings is 1. The number of ether oxygens (including phenoxy) is 1. The first-order chi connectivity index (χ1) is 12.5. The van der Waals surface area contributed by atoms with Gasteiger partial charge in [0.25, 0.3) is 0 Å². The summed E-state index contributed by atoms with van der Waals surface area (Å²) in [4.78, 5) is 12.1. The lowest BCUT2D eigenvalue weighted by atomic mass is 9.75. The first kappa shape index (κ1) is 21.0. The molecule has 1 aliphatic carbocycles. The van der Waals surface area contributed by atoms with Crippen molar-refractivity contribution in [2.75, 3.05) is 26.4 Å². The van der Waals surface area contributed by atoms with E-state index in [0.29, 0.717) is 31.5 Å². The van der Waals surface area contributed by atoms with Gasteiger partial charge in [0.1, 0.15) is 12.0 Å². The van der Waals surface area contributed by atoms with Crippen molar-refractivity contribution >= 4 is 5.78 Å². The molecule has 2 rings (SSSR count). The van der Waals surface area contributed by atoms with Crippen LogP contribution < -0.4 is 5.32 Å². The van der Waals surface area contributed by atoms with Crippen molar-refractivity contribution in [1.82, 2.24) is 5.32 Å². The Morgan fingerprint density at radius 1 is 1.15 bits per heavy atom. The number of rotatable bonds is 10. The van der Waals surface area contributed by atoms with Gasteiger partial charge in [0.15, 0.2) is 0 Å². The molecular weight excluding hydrogens is 330 g/mol. The predicted octanol–water partition coefficient (Wildman–Crippen LogP) is 2.77. The van der Waals surface area contributed by atoms with E-state index in [9.17, 15) is 9.90 Å². The Hall–Kier alpha value is -1.27. The van der Waals surface area contributed by atoms with Crippen LogP contribution in [-0.2, 0) is 9.53 Å². The summed E-state index contributed by atoms with van der Waals surface area (Å²) in [5.41, 5.74) is 2.13. The van der Waals surface area contributed by atoms with Crippen molar-refractivity contribution in [2.24, 2.45) is 11.8 Å². The minimum absolute atomic E-state index is 0.0115. The summed E-state index contributed by atoms with van der Waals surface area (Å²) in [6.07, 6.45) is 3.38. The lowest BCUT2D eigenvalue weighted by Crippen LogP contribution is -2.25. The van der Waals surface area contributed by atoms with Crippen LogP contribution in [0.2, 0.25) is 0 Å². The van der Waals surface area contributed by atoms with Gasteiger partial charge in [0.05, 0.1) is 19.8 Å². The quantitative estimate of drug-likeness (QED) is 0.440. The summed E-state index contributed by atoms with van der Waals surface area (Å²) in [6.45, 7) is 5.29. The molecule has 0 aromatic heterocycles. The molecule has 0 aliphatic heterocycles. The molecule has 5 heteroatoms. The molecule has 1 unspecified atom stereocenters. The lowest BCUT2D eigenvalue weighted by Gasteiger charge is -2.29. The summed E-state index contributed by atoms with van der Waals surface area (Å²) in [5, 5.41) is 21.8. The van der Waals surface area contributed by atoms with E-state index in [-0.39, 0.29) is 18.4 Å². The molecule has 5 nitrogen and oxygen atoms in total. The third-order valence-corrected chi connectivity index (χ3v) is 5.24. The first-order valence-electron chi connectivity index (χ1n) is 9.76. The molecule has 1 atom stereocenters. The largest absolute Gasteiger partial charge is 0.394 e. The fourth-order valence-corrected chi connectivity index (χ4v) is 3.69. The average molecular weight is 363 g/mol. The number of carbonyl (C=O) groups is 1. The molecule has 1 saturated carbocycles. The van der Waals surface area contributed by atoms with Crippen LogP contribution in [0.5, 0.6) is 0 Å². The van der Waals surface area contributed by atoms with Crippen LogP contribution in [0, 0.1) is 11.8 Å². The Balaban J connectivity index is 1.79. The highest BCUT2D eigenvalue weighted by molar-refractivity contribution is 5.82. The number of aliphatic hydroxyl groups is 2. The van der Waals surface area contributed by atoms with E-state index < -0.39 is 6.23 Å². The summed E-state index contributed by atoms with van der Waals surface area (Å²) >= 11 is 0. The molecule has 3 N–H and O–H groups in total. The van der Waals surface area contributed by atoms with Gasteiger partial charge in [-0.3, -0.25) is 10.1 Å². The average Bonchev–Trinajstić information content (AvgIpc) is 2.67. The number of hydrogen-bond donors (Lipinski definition) is 3. The normalized spacial score (nSPS) is 21.7. The van der Waals surface area contributed by atoms with Crippen molar-refractivity contribution in [3.8, 4) is 0 Å². The fraction of sp³-hybridized carbons (Fsp3) is 0.667. The molecule has 0 heterocycles. The molecule has 0 amide bonds. The predicted molar refractivity (Wildman–Crippen MR) is 102 cm³/mol. The number of nitrogens with one attached hydrogen (secondary N) is 1. The van der Waals surface area contributed by atoms with Crippen LogP contribution in [-0.4, -0.2) is 42.4 Å². The fourth-order valence-electron chi connectivity index (χ4n) is 3.69. The molecule has 1 aromatic carbocycles. The van der Waals surface area contributed by atoms with Crippen LogP contribution in [0.4, 0.5) is 0 Å². The van der Waals surface area contributed by atoms with Gasteiger partial charge in [0, 0.05) is 18.4 Å². The Labute approximate surface area is 156 Å². The Bertz CT molecular complexity index is 535. The van der Waals surface area contributed by atoms with E-state index >= 15 is 0 Å². The maximum absolute atomic E-state index is 12.1. The lowest BCUT2D eigenvalue weighted by molar-refractivity contribution is -0.126. The standard InChI is InChI=1S/C21H33NO4/c1-15(2)20(24)18-7-3-16(4-8-18)17-5-9-19(10-6-17)21(25)22-11-13-26-14-12-23/h5-6,9-10,15-16,18,21-23,25H,3-4,7-8,11-14H2,1-2H3. The van der Waals surface area contributed by atoms with Gasteiger partial charge >= 0.3 is 0 Å². The van der Waals surface area contributed by atoms with Gasteiger partial charge < -0.3 is 14.9 Å². The topological polar surface area (TPSA) is 78.8 Å². The van der Waals surface area contributed by atoms with E-state index in [1.54, 1.807) is 0 Å². The summed E-state index contributed by atoms with van der Waals surface area (Å²) in [6, 6.07) is 8.12. The molecule has 0 spiro atoms. The zero-order valence-corrected chi connectivity index (χ0v) is 16.0. The summed E-state index contributed by atoms with van der Waals surface area (Å²) in [7, 11) is 0. The highest BCUT2D eigenvalue weighted by Gasteiger charge is 2.28. The van der Waals surface area contributed by atoms with Crippen LogP contribution in [0.15, 0.2) is 24.3 Å². The Morgan fingerprint density at radius 2 is 1.81 bits per heavy atom.